The minimum Gasteiger partial charge on any atom is -0.497 e. The monoisotopic (exact) mass is 313 g/mol. The Morgan fingerprint density at radius 2 is 2.11 bits per heavy atom. The predicted octanol–water partition coefficient (Wildman–Crippen LogP) is 4.17. The zero-order valence-electron chi connectivity index (χ0n) is 11.6. The summed E-state index contributed by atoms with van der Waals surface area (Å²) in [4.78, 5) is 0. The van der Waals surface area contributed by atoms with Crippen LogP contribution < -0.4 is 10.1 Å². The van der Waals surface area contributed by atoms with Crippen molar-refractivity contribution in [2.45, 2.75) is 45.1 Å². The lowest BCUT2D eigenvalue weighted by molar-refractivity contribution is 0.414. The summed E-state index contributed by atoms with van der Waals surface area (Å²) in [6.07, 6.45) is 6.04. The van der Waals surface area contributed by atoms with Gasteiger partial charge in [-0.25, -0.2) is 0 Å². The van der Waals surface area contributed by atoms with Gasteiger partial charge in [0, 0.05) is 10.5 Å². The molecule has 0 bridgehead atoms. The molecule has 0 saturated heterocycles. The highest BCUT2D eigenvalue weighted by Gasteiger charge is 2.06. The molecule has 18 heavy (non-hydrogen) atoms. The average Bonchev–Trinajstić information content (AvgIpc) is 2.39. The molecule has 1 aromatic carbocycles. The van der Waals surface area contributed by atoms with Gasteiger partial charge in [0.1, 0.15) is 5.75 Å². The van der Waals surface area contributed by atoms with Gasteiger partial charge < -0.3 is 10.1 Å². The van der Waals surface area contributed by atoms with E-state index in [-0.39, 0.29) is 0 Å². The maximum absolute atomic E-state index is 5.26. The van der Waals surface area contributed by atoms with Crippen LogP contribution in [0.4, 0.5) is 0 Å². The number of ether oxygens (including phenoxy) is 1. The summed E-state index contributed by atoms with van der Waals surface area (Å²) in [5.74, 6) is 0.937. The number of nitrogens with one attached hydrogen (secondary N) is 1. The summed E-state index contributed by atoms with van der Waals surface area (Å²) in [6.45, 7) is 2.24. The molecule has 102 valence electrons. The molecule has 1 unspecified atom stereocenters. The van der Waals surface area contributed by atoms with E-state index in [1.807, 2.05) is 6.07 Å². The molecule has 0 aliphatic heterocycles. The minimum atomic E-state index is 0.652. The zero-order valence-corrected chi connectivity index (χ0v) is 13.2. The first-order chi connectivity index (χ1) is 8.71. The molecule has 0 saturated carbocycles. The van der Waals surface area contributed by atoms with Gasteiger partial charge in [-0.2, -0.15) is 0 Å². The van der Waals surface area contributed by atoms with Crippen LogP contribution in [0.25, 0.3) is 0 Å². The largest absolute Gasteiger partial charge is 0.497 e. The number of hydrogen-bond donors (Lipinski definition) is 1. The van der Waals surface area contributed by atoms with E-state index in [0.717, 1.165) is 12.2 Å². The second-order valence-corrected chi connectivity index (χ2v) is 5.48. The van der Waals surface area contributed by atoms with Gasteiger partial charge >= 0.3 is 0 Å². The number of methoxy groups -OCH3 is 1. The van der Waals surface area contributed by atoms with Gasteiger partial charge in [-0.05, 0) is 56.5 Å². The fraction of sp³-hybridized carbons (Fsp3) is 0.600. The number of hydrogen-bond acceptors (Lipinski definition) is 2. The van der Waals surface area contributed by atoms with Gasteiger partial charge in [-0.1, -0.05) is 29.3 Å². The Labute approximate surface area is 119 Å². The molecule has 0 amide bonds. The van der Waals surface area contributed by atoms with E-state index in [1.54, 1.807) is 7.11 Å². The zero-order chi connectivity index (χ0) is 13.4. The third-order valence-electron chi connectivity index (χ3n) is 3.30. The van der Waals surface area contributed by atoms with Crippen LogP contribution in [0.2, 0.25) is 0 Å². The number of rotatable bonds is 8. The van der Waals surface area contributed by atoms with Gasteiger partial charge in [0.2, 0.25) is 0 Å². The first-order valence-electron chi connectivity index (χ1n) is 6.71. The van der Waals surface area contributed by atoms with Gasteiger partial charge in [-0.15, -0.1) is 0 Å². The van der Waals surface area contributed by atoms with E-state index in [9.17, 15) is 0 Å². The standard InChI is InChI=1S/C15H24BrNO/c1-4-6-13(17-2)8-5-7-12-11-14(18-3)9-10-15(12)16/h9-11,13,17H,4-8H2,1-3H3. The van der Waals surface area contributed by atoms with Crippen molar-refractivity contribution in [2.24, 2.45) is 0 Å². The fourth-order valence-corrected chi connectivity index (χ4v) is 2.63. The lowest BCUT2D eigenvalue weighted by Gasteiger charge is -2.15. The topological polar surface area (TPSA) is 21.3 Å². The molecule has 3 heteroatoms. The van der Waals surface area contributed by atoms with Crippen LogP contribution in [0, 0.1) is 0 Å². The van der Waals surface area contributed by atoms with Crippen molar-refractivity contribution in [3.05, 3.63) is 28.2 Å². The SMILES string of the molecule is CCCC(CCCc1cc(OC)ccc1Br)NC. The summed E-state index contributed by atoms with van der Waals surface area (Å²) in [6, 6.07) is 6.83. The highest BCUT2D eigenvalue weighted by Crippen LogP contribution is 2.24. The number of benzene rings is 1. The van der Waals surface area contributed by atoms with E-state index in [1.165, 1.54) is 35.7 Å². The smallest absolute Gasteiger partial charge is 0.119 e. The van der Waals surface area contributed by atoms with Crippen LogP contribution in [0.5, 0.6) is 5.75 Å². The fourth-order valence-electron chi connectivity index (χ4n) is 2.19. The van der Waals surface area contributed by atoms with E-state index >= 15 is 0 Å². The third-order valence-corrected chi connectivity index (χ3v) is 4.07. The molecule has 1 N–H and O–H groups in total. The molecule has 0 fully saturated rings. The molecular formula is C15H24BrNO. The maximum atomic E-state index is 5.26. The molecule has 0 spiro atoms. The van der Waals surface area contributed by atoms with Crippen LogP contribution in [0.15, 0.2) is 22.7 Å². The van der Waals surface area contributed by atoms with Crippen molar-refractivity contribution in [1.82, 2.24) is 5.32 Å². The van der Waals surface area contributed by atoms with Crippen molar-refractivity contribution in [3.8, 4) is 5.75 Å². The second-order valence-electron chi connectivity index (χ2n) is 4.62. The molecule has 1 atom stereocenters. The Kier molecular flexibility index (Phi) is 7.36. The molecule has 1 aromatic rings. The Bertz CT molecular complexity index is 354. The van der Waals surface area contributed by atoms with Gasteiger partial charge in [-0.3, -0.25) is 0 Å². The molecule has 0 aromatic heterocycles. The average molecular weight is 314 g/mol. The molecular weight excluding hydrogens is 290 g/mol. The quantitative estimate of drug-likeness (QED) is 0.777. The Morgan fingerprint density at radius 3 is 2.72 bits per heavy atom. The van der Waals surface area contributed by atoms with Crippen LogP contribution in [-0.2, 0) is 6.42 Å². The lowest BCUT2D eigenvalue weighted by atomic mass is 10.0. The summed E-state index contributed by atoms with van der Waals surface area (Å²) in [5, 5.41) is 3.39. The normalized spacial score (nSPS) is 12.4. The first-order valence-corrected chi connectivity index (χ1v) is 7.50. The highest BCUT2D eigenvalue weighted by atomic mass is 79.9. The first kappa shape index (κ1) is 15.5. The molecule has 0 aliphatic rings. The number of aryl methyl sites for hydroxylation is 1. The van der Waals surface area contributed by atoms with Crippen LogP contribution >= 0.6 is 15.9 Å². The molecule has 0 radical (unpaired) electrons. The predicted molar refractivity (Wildman–Crippen MR) is 81.4 cm³/mol. The van der Waals surface area contributed by atoms with E-state index in [4.69, 9.17) is 4.74 Å². The summed E-state index contributed by atoms with van der Waals surface area (Å²) in [7, 11) is 3.77. The van der Waals surface area contributed by atoms with Gasteiger partial charge in [0.25, 0.3) is 0 Å². The van der Waals surface area contributed by atoms with E-state index < -0.39 is 0 Å². The van der Waals surface area contributed by atoms with Crippen LogP contribution in [0.1, 0.15) is 38.2 Å². The molecule has 0 aliphatic carbocycles. The molecule has 1 rings (SSSR count). The minimum absolute atomic E-state index is 0.652. The molecule has 2 nitrogen and oxygen atoms in total. The van der Waals surface area contributed by atoms with Gasteiger partial charge in [0.15, 0.2) is 0 Å². The number of halogens is 1. The summed E-state index contributed by atoms with van der Waals surface area (Å²) < 4.78 is 6.44. The van der Waals surface area contributed by atoms with Crippen molar-refractivity contribution in [1.29, 1.82) is 0 Å². The maximum Gasteiger partial charge on any atom is 0.119 e. The second kappa shape index (κ2) is 8.54. The molecule has 0 heterocycles. The van der Waals surface area contributed by atoms with E-state index in [0.29, 0.717) is 6.04 Å². The Balaban J connectivity index is 2.47. The van der Waals surface area contributed by atoms with Crippen molar-refractivity contribution >= 4 is 15.9 Å². The third kappa shape index (κ3) is 4.99. The van der Waals surface area contributed by atoms with Crippen molar-refractivity contribution < 1.29 is 4.74 Å². The lowest BCUT2D eigenvalue weighted by Crippen LogP contribution is -2.24. The van der Waals surface area contributed by atoms with Crippen LogP contribution in [-0.4, -0.2) is 20.2 Å². The Morgan fingerprint density at radius 1 is 1.33 bits per heavy atom. The van der Waals surface area contributed by atoms with Crippen molar-refractivity contribution in [2.75, 3.05) is 14.2 Å². The summed E-state index contributed by atoms with van der Waals surface area (Å²) >= 11 is 3.60. The van der Waals surface area contributed by atoms with E-state index in [2.05, 4.69) is 47.4 Å². The van der Waals surface area contributed by atoms with Crippen LogP contribution in [0.3, 0.4) is 0 Å². The Hall–Kier alpha value is -0.540. The van der Waals surface area contributed by atoms with Crippen molar-refractivity contribution in [3.63, 3.8) is 0 Å². The summed E-state index contributed by atoms with van der Waals surface area (Å²) in [5.41, 5.74) is 1.33. The van der Waals surface area contributed by atoms with Gasteiger partial charge in [0.05, 0.1) is 7.11 Å². The highest BCUT2D eigenvalue weighted by molar-refractivity contribution is 9.10.